The molecule has 1 N–H and O–H groups in total. The molecule has 0 saturated carbocycles. The van der Waals surface area contributed by atoms with Crippen LogP contribution in [0, 0.1) is 0 Å². The maximum absolute atomic E-state index is 13.7. The molecule has 0 fully saturated rings. The molecular weight excluding hydrogens is 407 g/mol. The molecule has 0 spiro atoms. The molecule has 1 aromatic rings. The summed E-state index contributed by atoms with van der Waals surface area (Å²) in [6, 6.07) is 4.25. The van der Waals surface area contributed by atoms with Gasteiger partial charge >= 0.3 is 18.5 Å². The highest BCUT2D eigenvalue weighted by Crippen LogP contribution is 2.43. The van der Waals surface area contributed by atoms with Gasteiger partial charge in [-0.15, -0.1) is 0 Å². The maximum Gasteiger partial charge on any atom is 0.513 e. The predicted octanol–water partition coefficient (Wildman–Crippen LogP) is 4.73. The molecule has 3 atom stereocenters. The standard InChI is InChI=1S/C20H24F3NO6/c1-5-27-18(25)29-16-11(3)24-12(4)17(30-19(26)28-6-2)15(16)13-9-7-8-10-14(13)20(21,22)23/h7-11,15-16,24H,5-6H2,1-4H3. The van der Waals surface area contributed by atoms with Gasteiger partial charge in [0.25, 0.3) is 0 Å². The van der Waals surface area contributed by atoms with E-state index >= 15 is 0 Å². The summed E-state index contributed by atoms with van der Waals surface area (Å²) in [6.07, 6.45) is -7.95. The average Bonchev–Trinajstić information content (AvgIpc) is 2.65. The van der Waals surface area contributed by atoms with Crippen molar-refractivity contribution >= 4 is 12.3 Å². The van der Waals surface area contributed by atoms with Crippen LogP contribution >= 0.6 is 0 Å². The zero-order chi connectivity index (χ0) is 22.5. The Labute approximate surface area is 172 Å². The molecule has 0 saturated heterocycles. The molecule has 1 aliphatic heterocycles. The summed E-state index contributed by atoms with van der Waals surface area (Å²) in [5.74, 6) is -1.36. The fourth-order valence-electron chi connectivity index (χ4n) is 3.32. The van der Waals surface area contributed by atoms with Crippen LogP contribution in [0.4, 0.5) is 22.8 Å². The van der Waals surface area contributed by atoms with E-state index in [4.69, 9.17) is 18.9 Å². The molecule has 3 unspecified atom stereocenters. The van der Waals surface area contributed by atoms with Crippen LogP contribution < -0.4 is 5.32 Å². The van der Waals surface area contributed by atoms with E-state index in [-0.39, 0.29) is 24.5 Å². The van der Waals surface area contributed by atoms with Gasteiger partial charge in [-0.25, -0.2) is 9.59 Å². The van der Waals surface area contributed by atoms with Crippen LogP contribution in [0.3, 0.4) is 0 Å². The summed E-state index contributed by atoms with van der Waals surface area (Å²) in [5, 5.41) is 2.97. The van der Waals surface area contributed by atoms with Gasteiger partial charge in [0.05, 0.1) is 30.7 Å². The van der Waals surface area contributed by atoms with Gasteiger partial charge in [0.2, 0.25) is 0 Å². The van der Waals surface area contributed by atoms with E-state index in [1.54, 1.807) is 27.7 Å². The van der Waals surface area contributed by atoms with Gasteiger partial charge in [-0.3, -0.25) is 0 Å². The molecule has 2 rings (SSSR count). The Balaban J connectivity index is 2.61. The summed E-state index contributed by atoms with van der Waals surface area (Å²) >= 11 is 0. The Kier molecular flexibility index (Phi) is 7.58. The number of carbonyl (C=O) groups excluding carboxylic acids is 2. The van der Waals surface area contributed by atoms with Crippen molar-refractivity contribution in [2.45, 2.75) is 51.9 Å². The summed E-state index contributed by atoms with van der Waals surface area (Å²) < 4.78 is 61.3. The first-order valence-electron chi connectivity index (χ1n) is 9.41. The topological polar surface area (TPSA) is 83.1 Å². The number of ether oxygens (including phenoxy) is 4. The quantitative estimate of drug-likeness (QED) is 0.675. The van der Waals surface area contributed by atoms with E-state index in [0.717, 1.165) is 6.07 Å². The van der Waals surface area contributed by atoms with Crippen molar-refractivity contribution < 1.29 is 41.7 Å². The fraction of sp³-hybridized carbons (Fsp3) is 0.500. The molecule has 0 radical (unpaired) electrons. The summed E-state index contributed by atoms with van der Waals surface area (Å²) in [7, 11) is 0. The minimum absolute atomic E-state index is 0.0154. The lowest BCUT2D eigenvalue weighted by Crippen LogP contribution is -2.49. The van der Waals surface area contributed by atoms with Crippen LogP contribution in [-0.4, -0.2) is 37.7 Å². The zero-order valence-electron chi connectivity index (χ0n) is 17.0. The first kappa shape index (κ1) is 23.4. The third-order valence-electron chi connectivity index (χ3n) is 4.47. The molecule has 10 heteroatoms. The Hall–Kier alpha value is -2.91. The summed E-state index contributed by atoms with van der Waals surface area (Å²) in [4.78, 5) is 24.0. The van der Waals surface area contributed by atoms with Crippen LogP contribution in [0.5, 0.6) is 0 Å². The van der Waals surface area contributed by atoms with E-state index in [1.165, 1.54) is 18.2 Å². The Bertz CT molecular complexity index is 808. The number of benzene rings is 1. The number of nitrogens with one attached hydrogen (secondary N) is 1. The van der Waals surface area contributed by atoms with Crippen LogP contribution in [0.25, 0.3) is 0 Å². The van der Waals surface area contributed by atoms with Gasteiger partial charge in [0.1, 0.15) is 11.9 Å². The van der Waals surface area contributed by atoms with E-state index < -0.39 is 42.1 Å². The first-order chi connectivity index (χ1) is 14.1. The van der Waals surface area contributed by atoms with Crippen molar-refractivity contribution in [3.63, 3.8) is 0 Å². The van der Waals surface area contributed by atoms with Crippen LogP contribution in [-0.2, 0) is 25.1 Å². The van der Waals surface area contributed by atoms with Gasteiger partial charge in [0.15, 0.2) is 0 Å². The first-order valence-corrected chi connectivity index (χ1v) is 9.41. The molecule has 0 aliphatic carbocycles. The monoisotopic (exact) mass is 431 g/mol. The molecule has 0 amide bonds. The van der Waals surface area contributed by atoms with Crippen molar-refractivity contribution in [1.29, 1.82) is 0 Å². The second-order valence-corrected chi connectivity index (χ2v) is 6.54. The molecule has 0 aromatic heterocycles. The smallest absolute Gasteiger partial charge is 0.435 e. The number of allylic oxidation sites excluding steroid dienone is 1. The van der Waals surface area contributed by atoms with E-state index in [1.807, 2.05) is 0 Å². The second kappa shape index (κ2) is 9.73. The minimum atomic E-state index is -4.68. The van der Waals surface area contributed by atoms with E-state index in [2.05, 4.69) is 5.32 Å². The van der Waals surface area contributed by atoms with Gasteiger partial charge in [-0.05, 0) is 39.3 Å². The van der Waals surface area contributed by atoms with Crippen molar-refractivity contribution in [1.82, 2.24) is 5.32 Å². The number of carbonyl (C=O) groups is 2. The number of halogens is 3. The highest BCUT2D eigenvalue weighted by atomic mass is 19.4. The lowest BCUT2D eigenvalue weighted by molar-refractivity contribution is -0.138. The SMILES string of the molecule is CCOC(=O)OC1=C(C)NC(C)C(OC(=O)OCC)C1c1ccccc1C(F)(F)F. The molecule has 1 aliphatic rings. The summed E-state index contributed by atoms with van der Waals surface area (Å²) in [6.45, 7) is 6.36. The van der Waals surface area contributed by atoms with Crippen molar-refractivity contribution in [2.24, 2.45) is 0 Å². The molecule has 0 bridgehead atoms. The second-order valence-electron chi connectivity index (χ2n) is 6.54. The van der Waals surface area contributed by atoms with Gasteiger partial charge in [-0.2, -0.15) is 13.2 Å². The largest absolute Gasteiger partial charge is 0.513 e. The van der Waals surface area contributed by atoms with Crippen LogP contribution in [0.1, 0.15) is 44.7 Å². The fourth-order valence-corrected chi connectivity index (χ4v) is 3.32. The van der Waals surface area contributed by atoms with Crippen molar-refractivity contribution in [3.8, 4) is 0 Å². The number of alkyl halides is 3. The third-order valence-corrected chi connectivity index (χ3v) is 4.47. The van der Waals surface area contributed by atoms with Crippen molar-refractivity contribution in [3.05, 3.63) is 46.8 Å². The molecule has 7 nitrogen and oxygen atoms in total. The van der Waals surface area contributed by atoms with E-state index in [0.29, 0.717) is 5.70 Å². The lowest BCUT2D eigenvalue weighted by atomic mass is 9.82. The number of rotatable bonds is 5. The molecule has 30 heavy (non-hydrogen) atoms. The highest BCUT2D eigenvalue weighted by Gasteiger charge is 2.45. The van der Waals surface area contributed by atoms with Gasteiger partial charge < -0.3 is 24.3 Å². The van der Waals surface area contributed by atoms with E-state index in [9.17, 15) is 22.8 Å². The van der Waals surface area contributed by atoms with Crippen LogP contribution in [0.2, 0.25) is 0 Å². The Morgan fingerprint density at radius 1 is 1.07 bits per heavy atom. The van der Waals surface area contributed by atoms with Gasteiger partial charge in [0, 0.05) is 5.70 Å². The zero-order valence-corrected chi connectivity index (χ0v) is 17.0. The Morgan fingerprint density at radius 3 is 2.27 bits per heavy atom. The maximum atomic E-state index is 13.7. The average molecular weight is 431 g/mol. The molecule has 1 aromatic carbocycles. The highest BCUT2D eigenvalue weighted by molar-refractivity contribution is 5.63. The van der Waals surface area contributed by atoms with Crippen molar-refractivity contribution in [2.75, 3.05) is 13.2 Å². The summed E-state index contributed by atoms with van der Waals surface area (Å²) in [5.41, 5.74) is -0.813. The molecular formula is C20H24F3NO6. The minimum Gasteiger partial charge on any atom is -0.435 e. The predicted molar refractivity (Wildman–Crippen MR) is 99.5 cm³/mol. The van der Waals surface area contributed by atoms with Gasteiger partial charge in [-0.1, -0.05) is 18.2 Å². The number of hydrogen-bond acceptors (Lipinski definition) is 7. The third kappa shape index (κ3) is 5.37. The van der Waals surface area contributed by atoms with Crippen LogP contribution in [0.15, 0.2) is 35.7 Å². The number of hydrogen-bond donors (Lipinski definition) is 1. The molecule has 166 valence electrons. The normalized spacial score (nSPS) is 21.5. The lowest BCUT2D eigenvalue weighted by Gasteiger charge is -2.39. The molecule has 1 heterocycles. The Morgan fingerprint density at radius 2 is 1.67 bits per heavy atom.